The summed E-state index contributed by atoms with van der Waals surface area (Å²) in [6, 6.07) is 7.71. The highest BCUT2D eigenvalue weighted by atomic mass is 16.5. The van der Waals surface area contributed by atoms with E-state index in [0.717, 1.165) is 25.0 Å². The Balaban J connectivity index is 1.74. The number of ether oxygens (including phenoxy) is 2. The third-order valence-corrected chi connectivity index (χ3v) is 4.87. The van der Waals surface area contributed by atoms with Gasteiger partial charge in [0.25, 0.3) is 0 Å². The van der Waals surface area contributed by atoms with Crippen LogP contribution in [0.3, 0.4) is 0 Å². The largest absolute Gasteiger partial charge is 0.497 e. The maximum absolute atomic E-state index is 11.5. The molecule has 1 aromatic carbocycles. The lowest BCUT2D eigenvalue weighted by atomic mass is 9.31. The van der Waals surface area contributed by atoms with Gasteiger partial charge < -0.3 is 15.2 Å². The zero-order valence-electron chi connectivity index (χ0n) is 11.3. The number of benzene rings is 1. The van der Waals surface area contributed by atoms with E-state index in [1.165, 1.54) is 12.7 Å². The van der Waals surface area contributed by atoms with E-state index in [-0.39, 0.29) is 16.8 Å². The van der Waals surface area contributed by atoms with Crippen molar-refractivity contribution >= 4 is 5.97 Å². The lowest BCUT2D eigenvalue weighted by Gasteiger charge is -2.72. The first kappa shape index (κ1) is 12.5. The summed E-state index contributed by atoms with van der Waals surface area (Å²) in [6.07, 6.45) is 2.93. The zero-order valence-corrected chi connectivity index (χ0v) is 11.3. The van der Waals surface area contributed by atoms with Crippen LogP contribution in [0.4, 0.5) is 0 Å². The standard InChI is InChI=1S/C15H19NO3/c1-18-11-5-3-4-10(6-11)14-7-15(8-14,9-14)12(16)13(17)19-2/h3-6,12H,7-9,16H2,1-2H3. The van der Waals surface area contributed by atoms with Crippen molar-refractivity contribution in [2.24, 2.45) is 11.1 Å². The fraction of sp³-hybridized carbons (Fsp3) is 0.533. The topological polar surface area (TPSA) is 61.5 Å². The Hall–Kier alpha value is -1.55. The average molecular weight is 261 g/mol. The number of nitrogens with two attached hydrogens (primary N) is 1. The molecule has 0 aliphatic heterocycles. The Morgan fingerprint density at radius 2 is 2.00 bits per heavy atom. The van der Waals surface area contributed by atoms with Gasteiger partial charge in [0.15, 0.2) is 0 Å². The Morgan fingerprint density at radius 1 is 1.32 bits per heavy atom. The Morgan fingerprint density at radius 3 is 2.58 bits per heavy atom. The maximum atomic E-state index is 11.5. The minimum absolute atomic E-state index is 0.0316. The van der Waals surface area contributed by atoms with Crippen molar-refractivity contribution in [3.63, 3.8) is 0 Å². The van der Waals surface area contributed by atoms with Gasteiger partial charge in [0.2, 0.25) is 0 Å². The number of hydrogen-bond donors (Lipinski definition) is 1. The molecule has 102 valence electrons. The zero-order chi connectivity index (χ0) is 13.7. The second-order valence-electron chi connectivity index (χ2n) is 5.91. The summed E-state index contributed by atoms with van der Waals surface area (Å²) < 4.78 is 10.0. The van der Waals surface area contributed by atoms with Gasteiger partial charge in [0.1, 0.15) is 11.8 Å². The number of carbonyl (C=O) groups excluding carboxylic acids is 1. The normalized spacial score (nSPS) is 32.8. The lowest BCUT2D eigenvalue weighted by Crippen LogP contribution is -2.72. The molecule has 0 spiro atoms. The van der Waals surface area contributed by atoms with Crippen molar-refractivity contribution in [1.29, 1.82) is 0 Å². The molecule has 1 unspecified atom stereocenters. The molecular formula is C15H19NO3. The van der Waals surface area contributed by atoms with Gasteiger partial charge in [0, 0.05) is 0 Å². The van der Waals surface area contributed by atoms with E-state index in [2.05, 4.69) is 12.1 Å². The summed E-state index contributed by atoms with van der Waals surface area (Å²) in [5.41, 5.74) is 7.47. The van der Waals surface area contributed by atoms with Crippen LogP contribution in [-0.2, 0) is 14.9 Å². The molecule has 0 saturated heterocycles. The highest BCUT2D eigenvalue weighted by Gasteiger charge is 2.71. The maximum Gasteiger partial charge on any atom is 0.323 e. The van der Waals surface area contributed by atoms with Crippen LogP contribution in [0.15, 0.2) is 24.3 Å². The fourth-order valence-corrected chi connectivity index (χ4v) is 3.83. The van der Waals surface area contributed by atoms with Gasteiger partial charge in [-0.2, -0.15) is 0 Å². The summed E-state index contributed by atoms with van der Waals surface area (Å²) in [6.45, 7) is 0. The van der Waals surface area contributed by atoms with Crippen LogP contribution in [0.2, 0.25) is 0 Å². The molecule has 2 N–H and O–H groups in total. The second kappa shape index (κ2) is 3.97. The molecule has 3 fully saturated rings. The third-order valence-electron chi connectivity index (χ3n) is 4.87. The Kier molecular flexibility index (Phi) is 2.61. The van der Waals surface area contributed by atoms with Gasteiger partial charge in [-0.05, 0) is 47.8 Å². The van der Waals surface area contributed by atoms with Gasteiger partial charge in [-0.15, -0.1) is 0 Å². The van der Waals surface area contributed by atoms with Gasteiger partial charge in [-0.25, -0.2) is 0 Å². The quantitative estimate of drug-likeness (QED) is 0.837. The van der Waals surface area contributed by atoms with E-state index in [1.54, 1.807) is 7.11 Å². The first-order valence-corrected chi connectivity index (χ1v) is 6.53. The summed E-state index contributed by atoms with van der Waals surface area (Å²) in [7, 11) is 3.07. The first-order valence-electron chi connectivity index (χ1n) is 6.53. The predicted octanol–water partition coefficient (Wildman–Crippen LogP) is 1.62. The van der Waals surface area contributed by atoms with Crippen LogP contribution in [0.5, 0.6) is 5.75 Å². The summed E-state index contributed by atoms with van der Waals surface area (Å²) in [5.74, 6) is 0.590. The lowest BCUT2D eigenvalue weighted by molar-refractivity contribution is -0.181. The SMILES string of the molecule is COC(=O)C(N)C12CC(c3cccc(OC)c3)(C1)C2. The highest BCUT2D eigenvalue weighted by Crippen LogP contribution is 2.74. The molecule has 4 rings (SSSR count). The summed E-state index contributed by atoms with van der Waals surface area (Å²) in [5, 5.41) is 0. The summed E-state index contributed by atoms with van der Waals surface area (Å²) in [4.78, 5) is 11.5. The van der Waals surface area contributed by atoms with Crippen LogP contribution in [0.1, 0.15) is 24.8 Å². The minimum Gasteiger partial charge on any atom is -0.497 e. The predicted molar refractivity (Wildman–Crippen MR) is 70.9 cm³/mol. The van der Waals surface area contributed by atoms with Crippen LogP contribution in [0, 0.1) is 5.41 Å². The highest BCUT2D eigenvalue weighted by molar-refractivity contribution is 5.77. The second-order valence-corrected chi connectivity index (χ2v) is 5.91. The van der Waals surface area contributed by atoms with E-state index in [4.69, 9.17) is 15.2 Å². The van der Waals surface area contributed by atoms with Crippen molar-refractivity contribution in [2.45, 2.75) is 30.7 Å². The fourth-order valence-electron chi connectivity index (χ4n) is 3.83. The number of rotatable bonds is 4. The van der Waals surface area contributed by atoms with Gasteiger partial charge >= 0.3 is 5.97 Å². The number of hydrogen-bond acceptors (Lipinski definition) is 4. The van der Waals surface area contributed by atoms with Crippen molar-refractivity contribution in [1.82, 2.24) is 0 Å². The van der Waals surface area contributed by atoms with Gasteiger partial charge in [-0.1, -0.05) is 12.1 Å². The molecule has 1 atom stereocenters. The molecule has 3 aliphatic carbocycles. The monoisotopic (exact) mass is 261 g/mol. The minimum atomic E-state index is -0.481. The molecule has 0 heterocycles. The average Bonchev–Trinajstić information content (AvgIpc) is 2.34. The number of methoxy groups -OCH3 is 2. The van der Waals surface area contributed by atoms with Crippen LogP contribution in [0.25, 0.3) is 0 Å². The van der Waals surface area contributed by atoms with Crippen molar-refractivity contribution in [2.75, 3.05) is 14.2 Å². The smallest absolute Gasteiger partial charge is 0.323 e. The molecule has 19 heavy (non-hydrogen) atoms. The van der Waals surface area contributed by atoms with Gasteiger partial charge in [-0.3, -0.25) is 4.79 Å². The number of carbonyl (C=O) groups is 1. The first-order chi connectivity index (χ1) is 9.05. The Bertz CT molecular complexity index is 506. The van der Waals surface area contributed by atoms with E-state index in [9.17, 15) is 4.79 Å². The van der Waals surface area contributed by atoms with E-state index in [1.807, 2.05) is 12.1 Å². The van der Waals surface area contributed by atoms with E-state index >= 15 is 0 Å². The Labute approximate surface area is 112 Å². The molecule has 3 saturated carbocycles. The molecule has 2 bridgehead atoms. The molecule has 4 heteroatoms. The van der Waals surface area contributed by atoms with Crippen LogP contribution in [-0.4, -0.2) is 26.2 Å². The third kappa shape index (κ3) is 1.59. The van der Waals surface area contributed by atoms with Gasteiger partial charge in [0.05, 0.1) is 14.2 Å². The van der Waals surface area contributed by atoms with Crippen molar-refractivity contribution in [3.8, 4) is 5.75 Å². The molecule has 0 radical (unpaired) electrons. The van der Waals surface area contributed by atoms with E-state index < -0.39 is 6.04 Å². The van der Waals surface area contributed by atoms with Crippen molar-refractivity contribution in [3.05, 3.63) is 29.8 Å². The number of esters is 1. The summed E-state index contributed by atoms with van der Waals surface area (Å²) >= 11 is 0. The molecular weight excluding hydrogens is 242 g/mol. The molecule has 0 amide bonds. The molecule has 1 aromatic rings. The van der Waals surface area contributed by atoms with Crippen molar-refractivity contribution < 1.29 is 14.3 Å². The van der Waals surface area contributed by atoms with Crippen LogP contribution >= 0.6 is 0 Å². The molecule has 4 nitrogen and oxygen atoms in total. The molecule has 0 aromatic heterocycles. The van der Waals surface area contributed by atoms with Crippen LogP contribution < -0.4 is 10.5 Å². The van der Waals surface area contributed by atoms with E-state index in [0.29, 0.717) is 0 Å². The molecule has 3 aliphatic rings.